The van der Waals surface area contributed by atoms with E-state index in [1.165, 1.54) is 16.0 Å². The number of hydrogen-bond donors (Lipinski definition) is 2. The summed E-state index contributed by atoms with van der Waals surface area (Å²) >= 11 is 0. The summed E-state index contributed by atoms with van der Waals surface area (Å²) in [4.78, 5) is 13.0. The molecule has 1 aliphatic heterocycles. The number of tetrazole rings is 1. The van der Waals surface area contributed by atoms with Crippen molar-refractivity contribution < 1.29 is 9.69 Å². The molecule has 0 radical (unpaired) electrons. The molecule has 3 N–H and O–H groups in total. The molecule has 0 unspecified atom stereocenters. The quantitative estimate of drug-likeness (QED) is 0.623. The highest BCUT2D eigenvalue weighted by Crippen LogP contribution is 2.19. The molecule has 29 heavy (non-hydrogen) atoms. The number of aromatic nitrogens is 4. The Morgan fingerprint density at radius 1 is 1.07 bits per heavy atom. The molecule has 1 aromatic heterocycles. The molecule has 150 valence electrons. The Balaban J connectivity index is 1.58. The largest absolute Gasteiger partial charge is 0.369 e. The smallest absolute Gasteiger partial charge is 0.220 e. The van der Waals surface area contributed by atoms with Crippen LogP contribution in [0.2, 0.25) is 0 Å². The zero-order valence-electron chi connectivity index (χ0n) is 16.4. The van der Waals surface area contributed by atoms with Crippen LogP contribution in [0.3, 0.4) is 0 Å². The Morgan fingerprint density at radius 2 is 1.72 bits per heavy atom. The number of piperidine rings is 1. The number of hydrogen-bond acceptors (Lipinski definition) is 4. The highest BCUT2D eigenvalue weighted by Gasteiger charge is 2.35. The minimum absolute atomic E-state index is 0.0238. The number of nitrogens with one attached hydrogen (secondary N) is 1. The van der Waals surface area contributed by atoms with Gasteiger partial charge in [-0.3, -0.25) is 4.79 Å². The van der Waals surface area contributed by atoms with E-state index in [1.54, 1.807) is 0 Å². The van der Waals surface area contributed by atoms with Crippen LogP contribution in [0.1, 0.15) is 35.8 Å². The van der Waals surface area contributed by atoms with Crippen molar-refractivity contribution in [2.24, 2.45) is 11.7 Å². The predicted molar refractivity (Wildman–Crippen MR) is 109 cm³/mol. The molecule has 2 aromatic carbocycles. The lowest BCUT2D eigenvalue weighted by Crippen LogP contribution is -3.13. The number of likely N-dealkylation sites (tertiary alicyclic amines) is 1. The van der Waals surface area contributed by atoms with Gasteiger partial charge in [0.25, 0.3) is 0 Å². The summed E-state index contributed by atoms with van der Waals surface area (Å²) in [5, 5.41) is 12.7. The van der Waals surface area contributed by atoms with Gasteiger partial charge in [-0.15, -0.1) is 5.10 Å². The summed E-state index contributed by atoms with van der Waals surface area (Å²) in [6.45, 7) is 2.48. The molecule has 7 nitrogen and oxygen atoms in total. The number of aryl methyl sites for hydroxylation is 2. The van der Waals surface area contributed by atoms with Crippen molar-refractivity contribution in [1.82, 2.24) is 20.2 Å². The first-order valence-corrected chi connectivity index (χ1v) is 10.2. The van der Waals surface area contributed by atoms with Crippen LogP contribution >= 0.6 is 0 Å². The van der Waals surface area contributed by atoms with Gasteiger partial charge in [0.15, 0.2) is 6.04 Å². The van der Waals surface area contributed by atoms with Crippen LogP contribution in [0.4, 0.5) is 0 Å². The van der Waals surface area contributed by atoms with Gasteiger partial charge < -0.3 is 10.6 Å². The molecule has 1 amide bonds. The van der Waals surface area contributed by atoms with Crippen molar-refractivity contribution in [3.63, 3.8) is 0 Å². The van der Waals surface area contributed by atoms with Gasteiger partial charge >= 0.3 is 0 Å². The number of nitrogens with two attached hydrogens (primary N) is 1. The molecule has 0 bridgehead atoms. The minimum Gasteiger partial charge on any atom is -0.369 e. The fourth-order valence-electron chi connectivity index (χ4n) is 4.23. The monoisotopic (exact) mass is 391 g/mol. The second kappa shape index (κ2) is 8.96. The molecule has 1 atom stereocenters. The van der Waals surface area contributed by atoms with Crippen molar-refractivity contribution in [1.29, 1.82) is 0 Å². The summed E-state index contributed by atoms with van der Waals surface area (Å²) in [7, 11) is 0. The summed E-state index contributed by atoms with van der Waals surface area (Å²) < 4.78 is 1.93. The van der Waals surface area contributed by atoms with Crippen molar-refractivity contribution in [3.05, 3.63) is 77.6 Å². The molecule has 0 aliphatic carbocycles. The summed E-state index contributed by atoms with van der Waals surface area (Å²) in [6.07, 6.45) is 2.48. The number of nitrogens with zero attached hydrogens (tertiary/aromatic N) is 4. The number of carbonyl (C=O) groups excluding carboxylic acids is 1. The van der Waals surface area contributed by atoms with Crippen molar-refractivity contribution >= 4 is 5.91 Å². The number of benzene rings is 2. The van der Waals surface area contributed by atoms with E-state index < -0.39 is 0 Å². The minimum atomic E-state index is -0.187. The van der Waals surface area contributed by atoms with Crippen LogP contribution in [0.25, 0.3) is 0 Å². The molecule has 1 fully saturated rings. The average molecular weight is 391 g/mol. The van der Waals surface area contributed by atoms with Gasteiger partial charge in [0.05, 0.1) is 13.1 Å². The zero-order valence-corrected chi connectivity index (χ0v) is 16.4. The van der Waals surface area contributed by atoms with Gasteiger partial charge in [0.1, 0.15) is 0 Å². The van der Waals surface area contributed by atoms with Gasteiger partial charge in [-0.2, -0.15) is 0 Å². The van der Waals surface area contributed by atoms with Crippen LogP contribution in [-0.4, -0.2) is 39.2 Å². The molecule has 3 aromatic rings. The second-order valence-corrected chi connectivity index (χ2v) is 7.67. The Morgan fingerprint density at radius 3 is 2.38 bits per heavy atom. The van der Waals surface area contributed by atoms with Crippen LogP contribution in [0.5, 0.6) is 0 Å². The standard InChI is InChI=1S/C22H26N6O/c23-21(29)19-12-14-27(15-13-19)20(18-9-5-2-6-10-18)22-24-25-26-28(22)16-11-17-7-3-1-4-8-17/h1-10,19-20H,11-16H2,(H2,23,29)/p+1/t20-/m1/s1. The summed E-state index contributed by atoms with van der Waals surface area (Å²) in [6, 6.07) is 20.8. The maximum absolute atomic E-state index is 11.6. The Hall–Kier alpha value is -3.06. The van der Waals surface area contributed by atoms with Crippen molar-refractivity contribution in [2.75, 3.05) is 13.1 Å². The molecule has 1 saturated heterocycles. The van der Waals surface area contributed by atoms with Crippen LogP contribution < -0.4 is 10.6 Å². The first-order valence-electron chi connectivity index (χ1n) is 10.2. The summed E-state index contributed by atoms with van der Waals surface area (Å²) in [5.74, 6) is 0.664. The molecule has 0 spiro atoms. The topological polar surface area (TPSA) is 91.1 Å². The van der Waals surface area contributed by atoms with E-state index in [1.807, 2.05) is 16.8 Å². The fraction of sp³-hybridized carbons (Fsp3) is 0.364. The van der Waals surface area contributed by atoms with Gasteiger partial charge in [0, 0.05) is 30.9 Å². The highest BCUT2D eigenvalue weighted by molar-refractivity contribution is 5.76. The molecular weight excluding hydrogens is 364 g/mol. The third-order valence-corrected chi connectivity index (χ3v) is 5.84. The SMILES string of the molecule is NC(=O)C1CC[NH+]([C@H](c2ccccc2)c2nnnn2CCc2ccccc2)CC1. The molecule has 7 heteroatoms. The third kappa shape index (κ3) is 4.51. The summed E-state index contributed by atoms with van der Waals surface area (Å²) in [5.41, 5.74) is 7.98. The van der Waals surface area contributed by atoms with E-state index in [-0.39, 0.29) is 17.9 Å². The first-order chi connectivity index (χ1) is 14.2. The van der Waals surface area contributed by atoms with Gasteiger partial charge in [-0.1, -0.05) is 60.7 Å². The van der Waals surface area contributed by atoms with Crippen LogP contribution in [-0.2, 0) is 17.8 Å². The van der Waals surface area contributed by atoms with Crippen molar-refractivity contribution in [2.45, 2.75) is 31.8 Å². The predicted octanol–water partition coefficient (Wildman–Crippen LogP) is 0.785. The van der Waals surface area contributed by atoms with E-state index in [0.29, 0.717) is 0 Å². The zero-order chi connectivity index (χ0) is 20.1. The Labute approximate surface area is 170 Å². The lowest BCUT2D eigenvalue weighted by atomic mass is 9.93. The van der Waals surface area contributed by atoms with E-state index in [4.69, 9.17) is 5.73 Å². The maximum atomic E-state index is 11.6. The van der Waals surface area contributed by atoms with Crippen molar-refractivity contribution in [3.8, 4) is 0 Å². The first kappa shape index (κ1) is 19.3. The number of rotatable bonds is 7. The molecule has 2 heterocycles. The third-order valence-electron chi connectivity index (χ3n) is 5.84. The average Bonchev–Trinajstić information content (AvgIpc) is 3.22. The maximum Gasteiger partial charge on any atom is 0.220 e. The van der Waals surface area contributed by atoms with Gasteiger partial charge in [0.2, 0.25) is 11.7 Å². The lowest BCUT2D eigenvalue weighted by molar-refractivity contribution is -0.931. The van der Waals surface area contributed by atoms with Crippen LogP contribution in [0.15, 0.2) is 60.7 Å². The Bertz CT molecular complexity index is 919. The molecule has 4 rings (SSSR count). The van der Waals surface area contributed by atoms with Crippen LogP contribution in [0, 0.1) is 5.92 Å². The second-order valence-electron chi connectivity index (χ2n) is 7.67. The number of quaternary nitrogens is 1. The van der Waals surface area contributed by atoms with E-state index in [0.717, 1.165) is 44.7 Å². The van der Waals surface area contributed by atoms with E-state index >= 15 is 0 Å². The van der Waals surface area contributed by atoms with E-state index in [2.05, 4.69) is 64.1 Å². The molecule has 1 aliphatic rings. The highest BCUT2D eigenvalue weighted by atomic mass is 16.1. The lowest BCUT2D eigenvalue weighted by Gasteiger charge is -2.33. The number of carbonyl (C=O) groups is 1. The normalized spacial score (nSPS) is 20.3. The fourth-order valence-corrected chi connectivity index (χ4v) is 4.23. The van der Waals surface area contributed by atoms with Gasteiger partial charge in [-0.05, 0) is 22.4 Å². The van der Waals surface area contributed by atoms with E-state index in [9.17, 15) is 4.79 Å². The molecule has 0 saturated carbocycles. The van der Waals surface area contributed by atoms with Gasteiger partial charge in [-0.25, -0.2) is 4.68 Å². The number of primary amides is 1. The number of amides is 1. The molecular formula is C22H27N6O+. The Kier molecular flexibility index (Phi) is 5.95.